The van der Waals surface area contributed by atoms with Crippen LogP contribution in [0.15, 0.2) is 30.3 Å². The molecule has 1 aromatic carbocycles. The minimum absolute atomic E-state index is 0.0107. The summed E-state index contributed by atoms with van der Waals surface area (Å²) in [5.41, 5.74) is 2.18. The van der Waals surface area contributed by atoms with Crippen LogP contribution < -0.4 is 5.32 Å². The van der Waals surface area contributed by atoms with E-state index in [1.807, 2.05) is 49.4 Å². The molecule has 2 bridgehead atoms. The number of para-hydroxylation sites is 1. The molecule has 0 saturated heterocycles. The van der Waals surface area contributed by atoms with Crippen LogP contribution in [0.5, 0.6) is 0 Å². The first-order valence-corrected chi connectivity index (χ1v) is 10.2. The third kappa shape index (κ3) is 2.38. The van der Waals surface area contributed by atoms with Gasteiger partial charge in [0.2, 0.25) is 5.91 Å². The number of pyridine rings is 1. The van der Waals surface area contributed by atoms with E-state index in [0.717, 1.165) is 23.0 Å². The highest BCUT2D eigenvalue weighted by Gasteiger charge is 2.68. The maximum Gasteiger partial charge on any atom is 0.237 e. The number of hydrogen-bond donors (Lipinski definition) is 1. The Hall–Kier alpha value is -3.84. The molecule has 1 N–H and O–H groups in total. The summed E-state index contributed by atoms with van der Waals surface area (Å²) in [5, 5.41) is 22.9. The number of aryl methyl sites for hydroxylation is 1. The van der Waals surface area contributed by atoms with E-state index < -0.39 is 10.8 Å². The number of nitriles is 2. The van der Waals surface area contributed by atoms with E-state index in [2.05, 4.69) is 34.1 Å². The first kappa shape index (κ1) is 19.1. The summed E-state index contributed by atoms with van der Waals surface area (Å²) < 4.78 is 0. The molecule has 2 atom stereocenters. The van der Waals surface area contributed by atoms with Gasteiger partial charge in [-0.15, -0.1) is 0 Å². The number of fused-ring (bicyclic) bond motifs is 6. The molecule has 0 aliphatic heterocycles. The van der Waals surface area contributed by atoms with E-state index >= 15 is 0 Å². The summed E-state index contributed by atoms with van der Waals surface area (Å²) in [6.45, 7) is 6.01. The Morgan fingerprint density at radius 3 is 2.58 bits per heavy atom. The first-order valence-electron chi connectivity index (χ1n) is 10.2. The number of carbonyl (C=O) groups excluding carboxylic acids is 1. The molecule has 3 aromatic rings. The van der Waals surface area contributed by atoms with Crippen LogP contribution in [0, 0.1) is 35.0 Å². The van der Waals surface area contributed by atoms with Crippen LogP contribution in [0.2, 0.25) is 0 Å². The van der Waals surface area contributed by atoms with Crippen molar-refractivity contribution in [1.29, 1.82) is 10.5 Å². The van der Waals surface area contributed by atoms with Crippen LogP contribution >= 0.6 is 0 Å². The summed E-state index contributed by atoms with van der Waals surface area (Å²) in [6, 6.07) is 13.5. The number of carbonyl (C=O) groups is 1. The number of hydrogen-bond acceptors (Lipinski definition) is 6. The predicted molar refractivity (Wildman–Crippen MR) is 114 cm³/mol. The zero-order valence-electron chi connectivity index (χ0n) is 17.5. The zero-order valence-corrected chi connectivity index (χ0v) is 17.5. The van der Waals surface area contributed by atoms with Crippen molar-refractivity contribution in [1.82, 2.24) is 15.0 Å². The van der Waals surface area contributed by atoms with Crippen LogP contribution in [0.4, 0.5) is 5.69 Å². The van der Waals surface area contributed by atoms with Crippen molar-refractivity contribution in [3.63, 3.8) is 0 Å². The molecule has 0 spiro atoms. The van der Waals surface area contributed by atoms with Crippen LogP contribution in [0.1, 0.15) is 61.1 Å². The predicted octanol–water partition coefficient (Wildman–Crippen LogP) is 3.87. The Morgan fingerprint density at radius 2 is 1.84 bits per heavy atom. The lowest BCUT2D eigenvalue weighted by Gasteiger charge is -2.36. The third-order valence-electron chi connectivity index (χ3n) is 7.13. The lowest BCUT2D eigenvalue weighted by atomic mass is 9.67. The molecule has 5 rings (SSSR count). The number of nitrogens with zero attached hydrogens (tertiary/aromatic N) is 5. The minimum Gasteiger partial charge on any atom is -0.325 e. The minimum atomic E-state index is -0.919. The van der Waals surface area contributed by atoms with Crippen molar-refractivity contribution in [2.45, 2.75) is 44.9 Å². The van der Waals surface area contributed by atoms with Crippen molar-refractivity contribution in [2.24, 2.45) is 5.41 Å². The molecule has 2 aromatic heterocycles. The highest BCUT2D eigenvalue weighted by Crippen LogP contribution is 2.67. The van der Waals surface area contributed by atoms with Gasteiger partial charge in [0.25, 0.3) is 0 Å². The van der Waals surface area contributed by atoms with Crippen LogP contribution in [-0.2, 0) is 10.2 Å². The van der Waals surface area contributed by atoms with Crippen molar-refractivity contribution in [2.75, 3.05) is 5.32 Å². The molecule has 1 amide bonds. The van der Waals surface area contributed by atoms with Gasteiger partial charge >= 0.3 is 0 Å². The van der Waals surface area contributed by atoms with E-state index in [1.54, 1.807) is 0 Å². The average molecular weight is 408 g/mol. The van der Waals surface area contributed by atoms with Gasteiger partial charge in [0, 0.05) is 17.0 Å². The fraction of sp³-hybridized carbons (Fsp3) is 0.333. The molecule has 2 heterocycles. The zero-order chi connectivity index (χ0) is 22.0. The van der Waals surface area contributed by atoms with Gasteiger partial charge in [-0.05, 0) is 37.3 Å². The van der Waals surface area contributed by atoms with Crippen molar-refractivity contribution < 1.29 is 4.79 Å². The van der Waals surface area contributed by atoms with Crippen LogP contribution in [0.3, 0.4) is 0 Å². The van der Waals surface area contributed by atoms with Gasteiger partial charge in [-0.1, -0.05) is 32.0 Å². The largest absolute Gasteiger partial charge is 0.325 e. The molecule has 1 saturated carbocycles. The van der Waals surface area contributed by atoms with Crippen molar-refractivity contribution in [3.8, 4) is 12.1 Å². The summed E-state index contributed by atoms with van der Waals surface area (Å²) in [6.07, 6.45) is 1.41. The summed E-state index contributed by atoms with van der Waals surface area (Å²) in [7, 11) is 0. The Morgan fingerprint density at radius 1 is 1.13 bits per heavy atom. The number of nitrogens with one attached hydrogen (secondary N) is 1. The van der Waals surface area contributed by atoms with Gasteiger partial charge in [-0.3, -0.25) is 9.78 Å². The Kier molecular flexibility index (Phi) is 3.91. The Bertz CT molecular complexity index is 1360. The molecule has 2 aliphatic carbocycles. The molecule has 152 valence electrons. The van der Waals surface area contributed by atoms with E-state index in [0.29, 0.717) is 23.5 Å². The van der Waals surface area contributed by atoms with E-state index in [-0.39, 0.29) is 23.2 Å². The number of rotatable bonds is 2. The van der Waals surface area contributed by atoms with E-state index in [1.165, 1.54) is 0 Å². The summed E-state index contributed by atoms with van der Waals surface area (Å²) in [5.74, 6) is -0.145. The van der Waals surface area contributed by atoms with Crippen molar-refractivity contribution >= 4 is 22.5 Å². The smallest absolute Gasteiger partial charge is 0.237 e. The second kappa shape index (κ2) is 6.33. The lowest BCUT2D eigenvalue weighted by molar-refractivity contribution is -0.124. The quantitative estimate of drug-likeness (QED) is 0.688. The fourth-order valence-corrected chi connectivity index (χ4v) is 5.56. The second-order valence-corrected chi connectivity index (χ2v) is 8.88. The SMILES string of the molecule is Cc1cc(NC(=O)C23CCC(c4nc(C#N)c(C#N)nc42)C3(C)C)c2ccccc2n1. The highest BCUT2D eigenvalue weighted by molar-refractivity contribution is 6.06. The fourth-order valence-electron chi connectivity index (χ4n) is 5.56. The number of aromatic nitrogens is 3. The topological polar surface area (TPSA) is 115 Å². The average Bonchev–Trinajstić information content (AvgIpc) is 3.13. The van der Waals surface area contributed by atoms with Crippen molar-refractivity contribution in [3.05, 3.63) is 58.8 Å². The van der Waals surface area contributed by atoms with E-state index in [4.69, 9.17) is 0 Å². The van der Waals surface area contributed by atoms with Gasteiger partial charge in [-0.2, -0.15) is 10.5 Å². The summed E-state index contributed by atoms with van der Waals surface area (Å²) >= 11 is 0. The molecule has 0 radical (unpaired) electrons. The maximum atomic E-state index is 13.9. The normalized spacial score (nSPS) is 22.5. The van der Waals surface area contributed by atoms with Crippen LogP contribution in [0.25, 0.3) is 10.9 Å². The molecule has 7 heteroatoms. The Balaban J connectivity index is 1.67. The lowest BCUT2D eigenvalue weighted by Crippen LogP contribution is -2.47. The molecule has 1 fully saturated rings. The molecule has 2 aliphatic rings. The second-order valence-electron chi connectivity index (χ2n) is 8.88. The highest BCUT2D eigenvalue weighted by atomic mass is 16.2. The molecule has 7 nitrogen and oxygen atoms in total. The Labute approximate surface area is 179 Å². The number of anilines is 1. The standard InChI is InChI=1S/C24H20N6O/c1-13-10-17(14-6-4-5-7-16(14)27-13)30-22(31)24-9-8-15(23(24,2)3)20-21(24)29-19(12-26)18(11-25)28-20/h4-7,10,15H,8-9H2,1-3H3,(H,27,30,31). The number of amides is 1. The van der Waals surface area contributed by atoms with Crippen LogP contribution in [-0.4, -0.2) is 20.9 Å². The molecular weight excluding hydrogens is 388 g/mol. The van der Waals surface area contributed by atoms with Gasteiger partial charge in [0.05, 0.1) is 28.0 Å². The monoisotopic (exact) mass is 408 g/mol. The van der Waals surface area contributed by atoms with Gasteiger partial charge in [0.1, 0.15) is 12.1 Å². The molecule has 31 heavy (non-hydrogen) atoms. The van der Waals surface area contributed by atoms with Gasteiger partial charge in [0.15, 0.2) is 11.4 Å². The van der Waals surface area contributed by atoms with Gasteiger partial charge in [-0.25, -0.2) is 9.97 Å². The first-order chi connectivity index (χ1) is 14.8. The maximum absolute atomic E-state index is 13.9. The molecule has 2 unspecified atom stereocenters. The number of benzene rings is 1. The summed E-state index contributed by atoms with van der Waals surface area (Å²) in [4.78, 5) is 27.5. The van der Waals surface area contributed by atoms with E-state index in [9.17, 15) is 15.3 Å². The molecular formula is C24H20N6O. The third-order valence-corrected chi connectivity index (χ3v) is 7.13. The van der Waals surface area contributed by atoms with Gasteiger partial charge < -0.3 is 5.32 Å².